The highest BCUT2D eigenvalue weighted by Crippen LogP contribution is 2.25. The van der Waals surface area contributed by atoms with E-state index in [4.69, 9.17) is 35.4 Å². The topological polar surface area (TPSA) is 212 Å². The molecule has 0 aliphatic rings. The highest BCUT2D eigenvalue weighted by Gasteiger charge is 2.31. The fraction of sp³-hybridized carbons (Fsp3) is 1.00. The van der Waals surface area contributed by atoms with E-state index in [0.717, 1.165) is 0 Å². The summed E-state index contributed by atoms with van der Waals surface area (Å²) in [6.07, 6.45) is 2.40. The van der Waals surface area contributed by atoms with Crippen molar-refractivity contribution in [2.75, 3.05) is 79.3 Å². The Bertz CT molecular complexity index is 355. The lowest BCUT2D eigenvalue weighted by atomic mass is 9.86. The second kappa shape index (κ2) is 21.6. The average molecular weight is 519 g/mol. The van der Waals surface area contributed by atoms with Crippen molar-refractivity contribution in [3.63, 3.8) is 0 Å². The molecule has 0 amide bonds. The van der Waals surface area contributed by atoms with Crippen LogP contribution in [0.15, 0.2) is 0 Å². The Hall–Kier alpha value is -0.440. The van der Waals surface area contributed by atoms with Crippen LogP contribution in [-0.2, 0) is 4.74 Å². The van der Waals surface area contributed by atoms with Crippen LogP contribution < -0.4 is 0 Å². The van der Waals surface area contributed by atoms with E-state index in [2.05, 4.69) is 0 Å². The molecule has 0 aromatic rings. The number of aliphatic hydroxyl groups excluding tert-OH is 10. The van der Waals surface area contributed by atoms with Crippen LogP contribution >= 0.6 is 0 Å². The van der Waals surface area contributed by atoms with Crippen molar-refractivity contribution >= 4 is 0 Å². The summed E-state index contributed by atoms with van der Waals surface area (Å²) >= 11 is 0. The third-order valence-corrected chi connectivity index (χ3v) is 7.17. The molecule has 35 heavy (non-hydrogen) atoms. The van der Waals surface area contributed by atoms with Gasteiger partial charge in [0.25, 0.3) is 0 Å². The van der Waals surface area contributed by atoms with Crippen molar-refractivity contribution in [3.8, 4) is 0 Å². The highest BCUT2D eigenvalue weighted by molar-refractivity contribution is 4.79. The zero-order valence-corrected chi connectivity index (χ0v) is 22.2. The first-order chi connectivity index (χ1) is 16.6. The van der Waals surface area contributed by atoms with Gasteiger partial charge < -0.3 is 55.8 Å². The predicted octanol–water partition coefficient (Wildman–Crippen LogP) is -1.52. The Labute approximate surface area is 210 Å². The number of aliphatic hydroxyl groups is 10. The second-order valence-corrected chi connectivity index (χ2v) is 9.49. The van der Waals surface area contributed by atoms with Crippen LogP contribution in [0.1, 0.15) is 53.4 Å². The second-order valence-electron chi connectivity index (χ2n) is 9.49. The quantitative estimate of drug-likeness (QED) is 0.101. The summed E-state index contributed by atoms with van der Waals surface area (Å²) in [5.41, 5.74) is -2.60. The minimum Gasteiger partial charge on any atom is -0.396 e. The van der Waals surface area contributed by atoms with Crippen molar-refractivity contribution in [1.29, 1.82) is 0 Å². The molecule has 0 atom stereocenters. The molecule has 0 fully saturated rings. The van der Waals surface area contributed by atoms with Gasteiger partial charge in [-0.25, -0.2) is 0 Å². The van der Waals surface area contributed by atoms with Gasteiger partial charge in [0.15, 0.2) is 0 Å². The number of hydrogen-bond donors (Lipinski definition) is 10. The molecule has 0 aromatic heterocycles. The first-order valence-corrected chi connectivity index (χ1v) is 12.2. The van der Waals surface area contributed by atoms with E-state index in [1.54, 1.807) is 0 Å². The Balaban J connectivity index is -0.000000481. The average Bonchev–Trinajstić information content (AvgIpc) is 2.94. The smallest absolute Gasteiger partial charge is 0.0566 e. The molecule has 11 heteroatoms. The Morgan fingerprint density at radius 1 is 0.343 bits per heavy atom. The lowest BCUT2D eigenvalue weighted by Crippen LogP contribution is -2.39. The molecule has 0 heterocycles. The Morgan fingerprint density at radius 3 is 0.600 bits per heavy atom. The summed E-state index contributed by atoms with van der Waals surface area (Å²) in [6, 6.07) is 0. The first kappa shape index (κ1) is 39.1. The van der Waals surface area contributed by atoms with Crippen LogP contribution in [0, 0.1) is 21.7 Å². The summed E-state index contributed by atoms with van der Waals surface area (Å²) in [7, 11) is 0. The molecule has 0 aliphatic heterocycles. The normalized spacial score (nSPS) is 12.5. The lowest BCUT2D eigenvalue weighted by Gasteiger charge is -2.32. The molecule has 10 N–H and O–H groups in total. The summed E-state index contributed by atoms with van der Waals surface area (Å²) in [6.45, 7) is 6.33. The molecule has 0 saturated heterocycles. The molecule has 0 radical (unpaired) electrons. The summed E-state index contributed by atoms with van der Waals surface area (Å²) in [5, 5.41) is 88.9. The third-order valence-electron chi connectivity index (χ3n) is 7.17. The first-order valence-electron chi connectivity index (χ1n) is 12.2. The maximum absolute atomic E-state index is 9.24. The molecular formula is C24H54O11. The molecular weight excluding hydrogens is 464 g/mol. The van der Waals surface area contributed by atoms with Crippen LogP contribution in [0.3, 0.4) is 0 Å². The molecule has 0 aliphatic carbocycles. The van der Waals surface area contributed by atoms with Gasteiger partial charge in [0.2, 0.25) is 0 Å². The minimum atomic E-state index is -0.667. The van der Waals surface area contributed by atoms with E-state index in [1.807, 2.05) is 27.7 Å². The standard InChI is InChI=1S/C12H26O5.2C6H14O3/c1-3-11(5-13,6-14)9-17-10-12(4-2,7-15)8-16;2*1-2-6(3-7,4-8)5-9/h13-16H,3-10H2,1-2H3;2*7-9H,2-5H2,1H3. The van der Waals surface area contributed by atoms with Crippen LogP contribution in [0.5, 0.6) is 0 Å². The molecule has 11 nitrogen and oxygen atoms in total. The molecule has 216 valence electrons. The minimum absolute atomic E-state index is 0.141. The fourth-order valence-corrected chi connectivity index (χ4v) is 2.39. The zero-order valence-electron chi connectivity index (χ0n) is 22.2. The van der Waals surface area contributed by atoms with Gasteiger partial charge in [-0.1, -0.05) is 27.7 Å². The van der Waals surface area contributed by atoms with E-state index < -0.39 is 21.7 Å². The molecule has 0 spiro atoms. The molecule has 0 bridgehead atoms. The summed E-state index contributed by atoms with van der Waals surface area (Å²) < 4.78 is 5.47. The van der Waals surface area contributed by atoms with Gasteiger partial charge >= 0.3 is 0 Å². The monoisotopic (exact) mass is 518 g/mol. The van der Waals surface area contributed by atoms with Crippen molar-refractivity contribution in [3.05, 3.63) is 0 Å². The van der Waals surface area contributed by atoms with Crippen molar-refractivity contribution in [2.45, 2.75) is 53.4 Å². The zero-order chi connectivity index (χ0) is 28.0. The largest absolute Gasteiger partial charge is 0.396 e. The summed E-state index contributed by atoms with van der Waals surface area (Å²) in [4.78, 5) is 0. The van der Waals surface area contributed by atoms with Crippen LogP contribution in [0.2, 0.25) is 0 Å². The fourth-order valence-electron chi connectivity index (χ4n) is 2.39. The van der Waals surface area contributed by atoms with Crippen molar-refractivity contribution < 1.29 is 55.8 Å². The van der Waals surface area contributed by atoms with E-state index in [1.165, 1.54) is 0 Å². The van der Waals surface area contributed by atoms with Gasteiger partial charge in [-0.05, 0) is 25.7 Å². The number of rotatable bonds is 18. The summed E-state index contributed by atoms with van der Waals surface area (Å²) in [5.74, 6) is 0. The van der Waals surface area contributed by atoms with Crippen molar-refractivity contribution in [1.82, 2.24) is 0 Å². The lowest BCUT2D eigenvalue weighted by molar-refractivity contribution is -0.0781. The van der Waals surface area contributed by atoms with Crippen molar-refractivity contribution in [2.24, 2.45) is 21.7 Å². The van der Waals surface area contributed by atoms with E-state index in [9.17, 15) is 20.4 Å². The van der Waals surface area contributed by atoms with Gasteiger partial charge in [-0.2, -0.15) is 0 Å². The predicted molar refractivity (Wildman–Crippen MR) is 133 cm³/mol. The van der Waals surface area contributed by atoms with E-state index in [-0.39, 0.29) is 79.3 Å². The maximum atomic E-state index is 9.24. The SMILES string of the molecule is CCC(CO)(CO)CO.CCC(CO)(CO)CO.CCC(CO)(CO)COCC(CC)(CO)CO. The van der Waals surface area contributed by atoms with E-state index >= 15 is 0 Å². The molecule has 0 rings (SSSR count). The molecule has 0 saturated carbocycles. The number of hydrogen-bond acceptors (Lipinski definition) is 11. The number of ether oxygens (including phenoxy) is 1. The van der Waals surface area contributed by atoms with Crippen LogP contribution in [0.25, 0.3) is 0 Å². The van der Waals surface area contributed by atoms with Gasteiger partial charge in [0.05, 0.1) is 79.3 Å². The molecule has 0 aromatic carbocycles. The maximum Gasteiger partial charge on any atom is 0.0566 e. The van der Waals surface area contributed by atoms with Gasteiger partial charge in [0.1, 0.15) is 0 Å². The van der Waals surface area contributed by atoms with Crippen LogP contribution in [0.4, 0.5) is 0 Å². The molecule has 0 unspecified atom stereocenters. The third kappa shape index (κ3) is 13.6. The Kier molecular flexibility index (Phi) is 24.1. The van der Waals surface area contributed by atoms with E-state index in [0.29, 0.717) is 25.7 Å². The highest BCUT2D eigenvalue weighted by atomic mass is 16.5. The van der Waals surface area contributed by atoms with Gasteiger partial charge in [0, 0.05) is 21.7 Å². The van der Waals surface area contributed by atoms with Gasteiger partial charge in [-0.15, -0.1) is 0 Å². The van der Waals surface area contributed by atoms with Gasteiger partial charge in [-0.3, -0.25) is 0 Å². The Morgan fingerprint density at radius 2 is 0.514 bits per heavy atom. The van der Waals surface area contributed by atoms with Crippen LogP contribution in [-0.4, -0.2) is 130 Å².